The van der Waals surface area contributed by atoms with E-state index in [0.29, 0.717) is 5.95 Å². The zero-order chi connectivity index (χ0) is 30.6. The van der Waals surface area contributed by atoms with E-state index in [1.54, 1.807) is 0 Å². The Balaban J connectivity index is 1.46. The summed E-state index contributed by atoms with van der Waals surface area (Å²) >= 11 is 0. The summed E-state index contributed by atoms with van der Waals surface area (Å²) in [6.45, 7) is 0. The Morgan fingerprint density at radius 1 is 0.565 bits per heavy atom. The minimum absolute atomic E-state index is 0.595. The van der Waals surface area contributed by atoms with Crippen molar-refractivity contribution in [1.82, 2.24) is 14.5 Å². The van der Waals surface area contributed by atoms with Gasteiger partial charge in [0.1, 0.15) is 0 Å². The Hall–Kier alpha value is -6.33. The van der Waals surface area contributed by atoms with E-state index >= 15 is 0 Å². The highest BCUT2D eigenvalue weighted by Crippen LogP contribution is 2.42. The molecule has 0 aliphatic rings. The third-order valence-electron chi connectivity index (χ3n) is 8.88. The number of nitrogens with one attached hydrogen (secondary N) is 2. The number of aromatic nitrogens is 3. The molecule has 0 bridgehead atoms. The Morgan fingerprint density at radius 3 is 2.09 bits per heavy atom. The molecule has 0 aliphatic carbocycles. The quantitative estimate of drug-likeness (QED) is 0.155. The average molecular weight is 590 g/mol. The normalized spacial score (nSPS) is 11.6. The number of hydrogen-bond donors (Lipinski definition) is 2. The first-order chi connectivity index (χ1) is 22.8. The minimum atomic E-state index is 0.595. The molecule has 0 atom stereocenters. The summed E-state index contributed by atoms with van der Waals surface area (Å²) in [6.07, 6.45) is 1.46. The van der Waals surface area contributed by atoms with Gasteiger partial charge >= 0.3 is 0 Å². The first-order valence-corrected chi connectivity index (χ1v) is 15.4. The topological polar surface area (TPSA) is 66.6 Å². The molecule has 7 aromatic carbocycles. The molecule has 46 heavy (non-hydrogen) atoms. The lowest BCUT2D eigenvalue weighted by molar-refractivity contribution is 1.02. The molecule has 2 N–H and O–H groups in total. The van der Waals surface area contributed by atoms with Crippen LogP contribution in [-0.4, -0.2) is 20.7 Å². The molecule has 5 heteroatoms. The fraction of sp³-hybridized carbons (Fsp3) is 0. The molecule has 2 heterocycles. The van der Waals surface area contributed by atoms with Crippen LogP contribution in [0.2, 0.25) is 0 Å². The van der Waals surface area contributed by atoms with Crippen molar-refractivity contribution >= 4 is 71.8 Å². The maximum Gasteiger partial charge on any atom is 0.235 e. The molecular formula is C41H27N5. The van der Waals surface area contributed by atoms with Gasteiger partial charge in [0.25, 0.3) is 0 Å². The first-order valence-electron chi connectivity index (χ1n) is 15.4. The Labute approximate surface area is 264 Å². The van der Waals surface area contributed by atoms with E-state index < -0.39 is 0 Å². The van der Waals surface area contributed by atoms with Crippen LogP contribution in [0.4, 0.5) is 11.4 Å². The van der Waals surface area contributed by atoms with Crippen LogP contribution in [0.1, 0.15) is 5.56 Å². The van der Waals surface area contributed by atoms with E-state index in [9.17, 15) is 0 Å². The maximum atomic E-state index is 8.66. The third-order valence-corrected chi connectivity index (χ3v) is 8.88. The third kappa shape index (κ3) is 3.99. The maximum absolute atomic E-state index is 8.66. The van der Waals surface area contributed by atoms with Gasteiger partial charge in [0.05, 0.1) is 22.2 Å². The predicted molar refractivity (Wildman–Crippen MR) is 192 cm³/mol. The molecule has 0 unspecified atom stereocenters. The molecule has 0 saturated heterocycles. The second-order valence-electron chi connectivity index (χ2n) is 11.5. The van der Waals surface area contributed by atoms with Crippen LogP contribution in [0.15, 0.2) is 146 Å². The van der Waals surface area contributed by atoms with E-state index in [4.69, 9.17) is 15.4 Å². The first kappa shape index (κ1) is 26.1. The van der Waals surface area contributed by atoms with E-state index in [2.05, 4.69) is 94.8 Å². The highest BCUT2D eigenvalue weighted by Gasteiger charge is 2.22. The van der Waals surface area contributed by atoms with Gasteiger partial charge in [-0.05, 0) is 46.5 Å². The van der Waals surface area contributed by atoms with Crippen molar-refractivity contribution in [2.45, 2.75) is 0 Å². The largest absolute Gasteiger partial charge is 0.355 e. The fourth-order valence-corrected chi connectivity index (χ4v) is 6.83. The molecule has 9 rings (SSSR count). The van der Waals surface area contributed by atoms with Crippen LogP contribution < -0.4 is 5.32 Å². The second-order valence-corrected chi connectivity index (χ2v) is 11.5. The van der Waals surface area contributed by atoms with Crippen molar-refractivity contribution in [2.75, 3.05) is 5.32 Å². The monoisotopic (exact) mass is 589 g/mol. The predicted octanol–water partition coefficient (Wildman–Crippen LogP) is 10.4. The number of rotatable bonds is 5. The van der Waals surface area contributed by atoms with Gasteiger partial charge in [-0.15, -0.1) is 0 Å². The summed E-state index contributed by atoms with van der Waals surface area (Å²) in [6, 6.07) is 50.1. The summed E-state index contributed by atoms with van der Waals surface area (Å²) in [5.41, 5.74) is 7.42. The van der Waals surface area contributed by atoms with Crippen molar-refractivity contribution in [3.63, 3.8) is 0 Å². The minimum Gasteiger partial charge on any atom is -0.355 e. The van der Waals surface area contributed by atoms with Crippen molar-refractivity contribution in [2.24, 2.45) is 0 Å². The summed E-state index contributed by atoms with van der Waals surface area (Å²) < 4.78 is 2.21. The fourth-order valence-electron chi connectivity index (χ4n) is 6.83. The molecule has 9 aromatic rings. The molecule has 0 radical (unpaired) electrons. The molecule has 0 fully saturated rings. The molecule has 0 spiro atoms. The summed E-state index contributed by atoms with van der Waals surface area (Å²) in [4.78, 5) is 10.5. The number of benzene rings is 7. The number of nitrogens with zero attached hydrogens (tertiary/aromatic N) is 3. The Bertz CT molecular complexity index is 2620. The smallest absolute Gasteiger partial charge is 0.235 e. The van der Waals surface area contributed by atoms with Gasteiger partial charge in [-0.3, -0.25) is 4.57 Å². The lowest BCUT2D eigenvalue weighted by Gasteiger charge is -2.14. The van der Waals surface area contributed by atoms with Crippen molar-refractivity contribution < 1.29 is 0 Å². The van der Waals surface area contributed by atoms with Crippen molar-refractivity contribution in [3.8, 4) is 17.2 Å². The molecule has 0 amide bonds. The Kier molecular flexibility index (Phi) is 5.90. The zero-order valence-electron chi connectivity index (χ0n) is 24.8. The Morgan fingerprint density at radius 2 is 1.26 bits per heavy atom. The highest BCUT2D eigenvalue weighted by atomic mass is 15.2. The molecular weight excluding hydrogens is 562 g/mol. The van der Waals surface area contributed by atoms with Crippen LogP contribution in [-0.2, 0) is 0 Å². The average Bonchev–Trinajstić information content (AvgIpc) is 3.46. The van der Waals surface area contributed by atoms with Crippen LogP contribution >= 0.6 is 0 Å². The molecule has 2 aromatic heterocycles. The van der Waals surface area contributed by atoms with E-state index in [1.165, 1.54) is 11.6 Å². The van der Waals surface area contributed by atoms with Gasteiger partial charge in [-0.25, -0.2) is 9.97 Å². The molecule has 5 nitrogen and oxygen atoms in total. The van der Waals surface area contributed by atoms with Crippen LogP contribution in [0, 0.1) is 5.41 Å². The molecule has 0 aliphatic heterocycles. The van der Waals surface area contributed by atoms with Crippen LogP contribution in [0.25, 0.3) is 71.5 Å². The number of anilines is 2. The van der Waals surface area contributed by atoms with Gasteiger partial charge in [0.15, 0.2) is 0 Å². The highest BCUT2D eigenvalue weighted by molar-refractivity contribution is 6.28. The van der Waals surface area contributed by atoms with Gasteiger partial charge in [-0.2, -0.15) is 0 Å². The van der Waals surface area contributed by atoms with Gasteiger partial charge in [0.2, 0.25) is 5.95 Å². The zero-order valence-corrected chi connectivity index (χ0v) is 24.8. The summed E-state index contributed by atoms with van der Waals surface area (Å²) in [5.74, 6) is 0.595. The van der Waals surface area contributed by atoms with Crippen LogP contribution in [0.3, 0.4) is 0 Å². The lowest BCUT2D eigenvalue weighted by atomic mass is 9.98. The summed E-state index contributed by atoms with van der Waals surface area (Å²) in [5, 5.41) is 19.9. The standard InChI is InChI=1S/C41H27N5/c42-25-33-35(43-29-14-5-2-6-15-29)23-24-36-38(33)32-22-21-27-20-19-26-11-7-8-16-30(26)37(27)40(32)46(36)41-44-34-18-10-9-17-31(34)39(45-41)28-12-3-1-4-13-28/h1-25,42-43H. The number of hydrogen-bond acceptors (Lipinski definition) is 4. The van der Waals surface area contributed by atoms with E-state index in [1.807, 2.05) is 60.7 Å². The van der Waals surface area contributed by atoms with Crippen LogP contribution in [0.5, 0.6) is 0 Å². The van der Waals surface area contributed by atoms with Crippen molar-refractivity contribution in [3.05, 3.63) is 151 Å². The SMILES string of the molecule is N=Cc1c(Nc2ccccc2)ccc2c1c1ccc3ccc4ccccc4c3c1n2-c1nc(-c2ccccc2)c2ccccc2n1. The van der Waals surface area contributed by atoms with E-state index in [-0.39, 0.29) is 0 Å². The van der Waals surface area contributed by atoms with Gasteiger partial charge in [-0.1, -0.05) is 115 Å². The number of para-hydroxylation sites is 2. The second kappa shape index (κ2) is 10.4. The van der Waals surface area contributed by atoms with Gasteiger partial charge in [0, 0.05) is 50.3 Å². The number of fused-ring (bicyclic) bond motifs is 8. The van der Waals surface area contributed by atoms with Crippen molar-refractivity contribution in [1.29, 1.82) is 5.41 Å². The van der Waals surface area contributed by atoms with Gasteiger partial charge < -0.3 is 10.7 Å². The summed E-state index contributed by atoms with van der Waals surface area (Å²) in [7, 11) is 0. The molecule has 216 valence electrons. The van der Waals surface area contributed by atoms with E-state index in [0.717, 1.165) is 77.1 Å². The lowest BCUT2D eigenvalue weighted by Crippen LogP contribution is -2.04. The molecule has 0 saturated carbocycles.